The number of anilines is 1. The fraction of sp³-hybridized carbons (Fsp3) is 0.300. The Morgan fingerprint density at radius 1 is 1.12 bits per heavy atom. The summed E-state index contributed by atoms with van der Waals surface area (Å²) in [6, 6.07) is 16.5. The van der Waals surface area contributed by atoms with Crippen LogP contribution in [0.3, 0.4) is 0 Å². The van der Waals surface area contributed by atoms with Gasteiger partial charge in [0, 0.05) is 25.0 Å². The Morgan fingerprint density at radius 3 is 2.64 bits per heavy atom. The summed E-state index contributed by atoms with van der Waals surface area (Å²) in [4.78, 5) is 22.1. The minimum Gasteiger partial charge on any atom is -0.340 e. The van der Waals surface area contributed by atoms with Crippen molar-refractivity contribution in [2.75, 3.05) is 25.0 Å². The maximum atomic E-state index is 12.4. The van der Waals surface area contributed by atoms with Crippen LogP contribution in [0, 0.1) is 6.92 Å². The van der Waals surface area contributed by atoms with E-state index in [4.69, 9.17) is 0 Å². The van der Waals surface area contributed by atoms with Crippen LogP contribution >= 0.6 is 0 Å². The van der Waals surface area contributed by atoms with E-state index < -0.39 is 0 Å². The molecule has 1 aromatic heterocycles. The summed E-state index contributed by atoms with van der Waals surface area (Å²) in [6.45, 7) is 3.75. The first-order valence-corrected chi connectivity index (χ1v) is 8.63. The van der Waals surface area contributed by atoms with Crippen molar-refractivity contribution in [1.82, 2.24) is 15.3 Å². The van der Waals surface area contributed by atoms with E-state index in [-0.39, 0.29) is 5.56 Å². The second-order valence-electron chi connectivity index (χ2n) is 6.72. The van der Waals surface area contributed by atoms with Gasteiger partial charge in [0.1, 0.15) is 0 Å². The van der Waals surface area contributed by atoms with Gasteiger partial charge < -0.3 is 10.2 Å². The van der Waals surface area contributed by atoms with Gasteiger partial charge in [-0.3, -0.25) is 9.78 Å². The van der Waals surface area contributed by atoms with Crippen LogP contribution < -0.4 is 15.8 Å². The van der Waals surface area contributed by atoms with Gasteiger partial charge in [-0.1, -0.05) is 42.0 Å². The van der Waals surface area contributed by atoms with Crippen LogP contribution in [-0.4, -0.2) is 36.1 Å². The number of aromatic amines is 1. The van der Waals surface area contributed by atoms with Gasteiger partial charge >= 0.3 is 0 Å². The minimum absolute atomic E-state index is 0.0830. The van der Waals surface area contributed by atoms with E-state index in [0.717, 1.165) is 18.6 Å². The average Bonchev–Trinajstić information content (AvgIpc) is 3.07. The van der Waals surface area contributed by atoms with E-state index in [1.807, 2.05) is 25.2 Å². The van der Waals surface area contributed by atoms with Gasteiger partial charge in [0.25, 0.3) is 5.56 Å². The molecule has 3 aromatic rings. The normalized spacial score (nSPS) is 20.3. The van der Waals surface area contributed by atoms with Crippen molar-refractivity contribution in [3.8, 4) is 0 Å². The highest BCUT2D eigenvalue weighted by Gasteiger charge is 2.34. The fourth-order valence-electron chi connectivity index (χ4n) is 3.64. The molecule has 1 aliphatic heterocycles. The Hall–Kier alpha value is -2.66. The van der Waals surface area contributed by atoms with Crippen molar-refractivity contribution in [1.29, 1.82) is 0 Å². The standard InChI is InChI=1S/C20H22N4O/c1-13-7-9-14(10-8-13)16-11-24(12-18(16)21-2)20-22-17-6-4-3-5-15(17)19(25)23-20/h3-10,16,18,21H,11-12H2,1-2H3,(H,22,23,25). The topological polar surface area (TPSA) is 61.0 Å². The third-order valence-electron chi connectivity index (χ3n) is 5.10. The minimum atomic E-state index is -0.0830. The van der Waals surface area contributed by atoms with Gasteiger partial charge in [0.15, 0.2) is 0 Å². The van der Waals surface area contributed by atoms with Crippen LogP contribution in [0.1, 0.15) is 17.0 Å². The van der Waals surface area contributed by atoms with Gasteiger partial charge in [0.05, 0.1) is 10.9 Å². The molecule has 2 aromatic carbocycles. The van der Waals surface area contributed by atoms with Gasteiger partial charge in [-0.05, 0) is 31.7 Å². The molecule has 1 aliphatic rings. The summed E-state index contributed by atoms with van der Waals surface area (Å²) < 4.78 is 0. The van der Waals surface area contributed by atoms with Crippen molar-refractivity contribution in [2.45, 2.75) is 18.9 Å². The summed E-state index contributed by atoms with van der Waals surface area (Å²) >= 11 is 0. The van der Waals surface area contributed by atoms with E-state index in [1.54, 1.807) is 6.07 Å². The number of benzene rings is 2. The zero-order chi connectivity index (χ0) is 17.4. The molecule has 2 unspecified atom stereocenters. The Morgan fingerprint density at radius 2 is 1.88 bits per heavy atom. The molecular formula is C20H22N4O. The van der Waals surface area contributed by atoms with E-state index in [0.29, 0.717) is 23.3 Å². The number of nitrogens with zero attached hydrogens (tertiary/aromatic N) is 2. The van der Waals surface area contributed by atoms with Crippen LogP contribution in [0.2, 0.25) is 0 Å². The van der Waals surface area contributed by atoms with Crippen LogP contribution in [0.5, 0.6) is 0 Å². The number of fused-ring (bicyclic) bond motifs is 1. The van der Waals surface area contributed by atoms with E-state index in [2.05, 4.69) is 51.4 Å². The van der Waals surface area contributed by atoms with Crippen LogP contribution in [-0.2, 0) is 0 Å². The van der Waals surface area contributed by atoms with Gasteiger partial charge in [-0.15, -0.1) is 0 Å². The van der Waals surface area contributed by atoms with Crippen molar-refractivity contribution in [3.63, 3.8) is 0 Å². The Labute approximate surface area is 146 Å². The number of hydrogen-bond donors (Lipinski definition) is 2. The predicted octanol–water partition coefficient (Wildman–Crippen LogP) is 2.42. The molecule has 0 saturated carbocycles. The lowest BCUT2D eigenvalue weighted by atomic mass is 9.94. The molecular weight excluding hydrogens is 312 g/mol. The lowest BCUT2D eigenvalue weighted by Crippen LogP contribution is -2.33. The molecule has 0 radical (unpaired) electrons. The number of para-hydroxylation sites is 1. The quantitative estimate of drug-likeness (QED) is 0.772. The molecule has 1 fully saturated rings. The average molecular weight is 334 g/mol. The first-order chi connectivity index (χ1) is 12.2. The number of aromatic nitrogens is 2. The van der Waals surface area contributed by atoms with Crippen LogP contribution in [0.15, 0.2) is 53.3 Å². The summed E-state index contributed by atoms with van der Waals surface area (Å²) in [7, 11) is 1.99. The molecule has 5 nitrogen and oxygen atoms in total. The number of rotatable bonds is 3. The predicted molar refractivity (Wildman–Crippen MR) is 101 cm³/mol. The summed E-state index contributed by atoms with van der Waals surface area (Å²) in [6.07, 6.45) is 0. The molecule has 128 valence electrons. The third-order valence-corrected chi connectivity index (χ3v) is 5.10. The second-order valence-corrected chi connectivity index (χ2v) is 6.72. The molecule has 0 spiro atoms. The largest absolute Gasteiger partial charge is 0.340 e. The number of likely N-dealkylation sites (N-methyl/N-ethyl adjacent to an activating group) is 1. The van der Waals surface area contributed by atoms with Gasteiger partial charge in [0.2, 0.25) is 5.95 Å². The summed E-state index contributed by atoms with van der Waals surface area (Å²) in [5.41, 5.74) is 3.23. The van der Waals surface area contributed by atoms with Gasteiger partial charge in [-0.2, -0.15) is 0 Å². The molecule has 5 heteroatoms. The van der Waals surface area contributed by atoms with Crippen LogP contribution in [0.4, 0.5) is 5.95 Å². The number of aryl methyl sites for hydroxylation is 1. The van der Waals surface area contributed by atoms with E-state index in [9.17, 15) is 4.79 Å². The zero-order valence-corrected chi connectivity index (χ0v) is 14.5. The summed E-state index contributed by atoms with van der Waals surface area (Å²) in [5.74, 6) is 1.01. The zero-order valence-electron chi connectivity index (χ0n) is 14.5. The lowest BCUT2D eigenvalue weighted by molar-refractivity contribution is 0.554. The van der Waals surface area contributed by atoms with E-state index >= 15 is 0 Å². The molecule has 25 heavy (non-hydrogen) atoms. The van der Waals surface area contributed by atoms with Crippen molar-refractivity contribution in [3.05, 3.63) is 70.0 Å². The SMILES string of the molecule is CNC1CN(c2nc3ccccc3c(=O)[nH]2)CC1c1ccc(C)cc1. The lowest BCUT2D eigenvalue weighted by Gasteiger charge is -2.17. The molecule has 4 rings (SSSR count). The first kappa shape index (κ1) is 15.8. The first-order valence-electron chi connectivity index (χ1n) is 8.63. The highest BCUT2D eigenvalue weighted by atomic mass is 16.1. The summed E-state index contributed by atoms with van der Waals surface area (Å²) in [5, 5.41) is 4.05. The van der Waals surface area contributed by atoms with Crippen LogP contribution in [0.25, 0.3) is 10.9 Å². The number of hydrogen-bond acceptors (Lipinski definition) is 4. The Kier molecular flexibility index (Phi) is 4.01. The van der Waals surface area contributed by atoms with Gasteiger partial charge in [-0.25, -0.2) is 4.98 Å². The smallest absolute Gasteiger partial charge is 0.260 e. The highest BCUT2D eigenvalue weighted by Crippen LogP contribution is 2.30. The van der Waals surface area contributed by atoms with E-state index in [1.165, 1.54) is 11.1 Å². The molecule has 2 atom stereocenters. The monoisotopic (exact) mass is 334 g/mol. The Balaban J connectivity index is 1.68. The third kappa shape index (κ3) is 2.91. The molecule has 1 saturated heterocycles. The van der Waals surface area contributed by atoms with Crippen molar-refractivity contribution in [2.24, 2.45) is 0 Å². The maximum Gasteiger partial charge on any atom is 0.260 e. The molecule has 0 aliphatic carbocycles. The molecule has 0 bridgehead atoms. The second kappa shape index (κ2) is 6.33. The molecule has 2 N–H and O–H groups in total. The fourth-order valence-corrected chi connectivity index (χ4v) is 3.64. The molecule has 0 amide bonds. The molecule has 2 heterocycles. The maximum absolute atomic E-state index is 12.4. The van der Waals surface area contributed by atoms with Crippen molar-refractivity contribution < 1.29 is 0 Å². The Bertz CT molecular complexity index is 948. The number of H-pyrrole nitrogens is 1. The highest BCUT2D eigenvalue weighted by molar-refractivity contribution is 5.78. The van der Waals surface area contributed by atoms with Crippen molar-refractivity contribution >= 4 is 16.9 Å². The number of nitrogens with one attached hydrogen (secondary N) is 2.